The van der Waals surface area contributed by atoms with Crippen molar-refractivity contribution in [1.82, 2.24) is 20.4 Å². The summed E-state index contributed by atoms with van der Waals surface area (Å²) in [5.41, 5.74) is 2.16. The Morgan fingerprint density at radius 3 is 2.95 bits per heavy atom. The van der Waals surface area contributed by atoms with Crippen LogP contribution >= 0.6 is 0 Å². The maximum atomic E-state index is 11.9. The fourth-order valence-electron chi connectivity index (χ4n) is 2.44. The van der Waals surface area contributed by atoms with Gasteiger partial charge in [0.2, 0.25) is 11.8 Å². The molecule has 2 heterocycles. The normalized spacial score (nSPS) is 18.7. The van der Waals surface area contributed by atoms with Crippen molar-refractivity contribution in [2.75, 3.05) is 13.1 Å². The molecule has 110 valence electrons. The van der Waals surface area contributed by atoms with E-state index in [0.717, 1.165) is 24.4 Å². The molecule has 6 nitrogen and oxygen atoms in total. The van der Waals surface area contributed by atoms with Gasteiger partial charge in [-0.2, -0.15) is 5.10 Å². The number of nitrogens with one attached hydrogen (secondary N) is 2. The highest BCUT2D eigenvalue weighted by molar-refractivity contribution is 5.83. The number of aryl methyl sites for hydroxylation is 3. The number of nitrogens with zero attached hydrogens (tertiary/aromatic N) is 2. The van der Waals surface area contributed by atoms with E-state index in [1.807, 2.05) is 24.6 Å². The monoisotopic (exact) mass is 278 g/mol. The molecule has 1 aromatic heterocycles. The molecule has 1 atom stereocenters. The predicted molar refractivity (Wildman–Crippen MR) is 75.1 cm³/mol. The lowest BCUT2D eigenvalue weighted by Gasteiger charge is -2.21. The Morgan fingerprint density at radius 1 is 1.55 bits per heavy atom. The molecule has 1 aromatic rings. The second-order valence-electron chi connectivity index (χ2n) is 5.33. The molecule has 1 saturated heterocycles. The number of aromatic nitrogens is 2. The molecule has 0 saturated carbocycles. The number of amides is 2. The van der Waals surface area contributed by atoms with Crippen molar-refractivity contribution in [2.24, 2.45) is 5.92 Å². The maximum Gasteiger partial charge on any atom is 0.224 e. The van der Waals surface area contributed by atoms with Gasteiger partial charge in [0.05, 0.1) is 11.6 Å². The average Bonchev–Trinajstić information content (AvgIpc) is 2.73. The van der Waals surface area contributed by atoms with Gasteiger partial charge in [0.1, 0.15) is 0 Å². The Balaban J connectivity index is 1.67. The van der Waals surface area contributed by atoms with E-state index in [0.29, 0.717) is 25.9 Å². The summed E-state index contributed by atoms with van der Waals surface area (Å²) in [5, 5.41) is 10.0. The Hall–Kier alpha value is -1.85. The lowest BCUT2D eigenvalue weighted by molar-refractivity contribution is -0.128. The fourth-order valence-corrected chi connectivity index (χ4v) is 2.44. The Morgan fingerprint density at radius 2 is 2.35 bits per heavy atom. The molecule has 1 aliphatic heterocycles. The molecule has 1 fully saturated rings. The van der Waals surface area contributed by atoms with E-state index in [-0.39, 0.29) is 17.7 Å². The lowest BCUT2D eigenvalue weighted by atomic mass is 9.98. The highest BCUT2D eigenvalue weighted by Crippen LogP contribution is 2.10. The molecule has 0 aliphatic carbocycles. The first-order chi connectivity index (χ1) is 9.56. The minimum atomic E-state index is -0.0821. The maximum absolute atomic E-state index is 11.9. The zero-order valence-corrected chi connectivity index (χ0v) is 12.1. The molecule has 1 aliphatic rings. The van der Waals surface area contributed by atoms with E-state index >= 15 is 0 Å². The highest BCUT2D eigenvalue weighted by Gasteiger charge is 2.23. The van der Waals surface area contributed by atoms with Gasteiger partial charge in [-0.1, -0.05) is 0 Å². The van der Waals surface area contributed by atoms with Crippen LogP contribution in [0.15, 0.2) is 6.07 Å². The number of hydrogen-bond donors (Lipinski definition) is 2. The molecule has 6 heteroatoms. The third-order valence-electron chi connectivity index (χ3n) is 3.59. The first-order valence-electron chi connectivity index (χ1n) is 7.11. The van der Waals surface area contributed by atoms with Crippen molar-refractivity contribution >= 4 is 11.8 Å². The van der Waals surface area contributed by atoms with Crippen LogP contribution in [0.3, 0.4) is 0 Å². The number of carbonyl (C=O) groups excluding carboxylic acids is 2. The summed E-state index contributed by atoms with van der Waals surface area (Å²) in [6.45, 7) is 5.91. The van der Waals surface area contributed by atoms with Crippen molar-refractivity contribution < 1.29 is 9.59 Å². The molecule has 2 amide bonds. The largest absolute Gasteiger partial charge is 0.356 e. The van der Waals surface area contributed by atoms with Crippen LogP contribution in [0.1, 0.15) is 30.7 Å². The zero-order valence-electron chi connectivity index (χ0n) is 12.1. The first kappa shape index (κ1) is 14.6. The molecule has 2 rings (SSSR count). The standard InChI is InChI=1S/C14H22N4O2/c1-10-8-11(2)18(17-10)7-3-6-15-14(20)12-4-5-13(19)16-9-12/h8,12H,3-7,9H2,1-2H3,(H,15,20)(H,16,19). The summed E-state index contributed by atoms with van der Waals surface area (Å²) < 4.78 is 1.96. The van der Waals surface area contributed by atoms with E-state index in [1.165, 1.54) is 0 Å². The number of piperidine rings is 1. The molecule has 0 aromatic carbocycles. The van der Waals surface area contributed by atoms with E-state index < -0.39 is 0 Å². The van der Waals surface area contributed by atoms with Gasteiger partial charge in [-0.3, -0.25) is 14.3 Å². The van der Waals surface area contributed by atoms with E-state index in [9.17, 15) is 9.59 Å². The van der Waals surface area contributed by atoms with Gasteiger partial charge >= 0.3 is 0 Å². The molecule has 20 heavy (non-hydrogen) atoms. The minimum Gasteiger partial charge on any atom is -0.356 e. The van der Waals surface area contributed by atoms with Crippen molar-refractivity contribution in [2.45, 2.75) is 39.7 Å². The third-order valence-corrected chi connectivity index (χ3v) is 3.59. The van der Waals surface area contributed by atoms with Gasteiger partial charge in [0.25, 0.3) is 0 Å². The topological polar surface area (TPSA) is 76.0 Å². The Kier molecular flexibility index (Phi) is 4.76. The van der Waals surface area contributed by atoms with E-state index in [4.69, 9.17) is 0 Å². The van der Waals surface area contributed by atoms with Gasteiger partial charge in [-0.15, -0.1) is 0 Å². The third kappa shape index (κ3) is 3.82. The smallest absolute Gasteiger partial charge is 0.224 e. The van der Waals surface area contributed by atoms with Crippen LogP contribution in [0.25, 0.3) is 0 Å². The first-order valence-corrected chi connectivity index (χ1v) is 7.11. The van der Waals surface area contributed by atoms with E-state index in [1.54, 1.807) is 0 Å². The molecule has 0 spiro atoms. The molecular formula is C14H22N4O2. The second kappa shape index (κ2) is 6.54. The van der Waals surface area contributed by atoms with Crippen molar-refractivity contribution in [3.63, 3.8) is 0 Å². The summed E-state index contributed by atoms with van der Waals surface area (Å²) in [6, 6.07) is 2.04. The van der Waals surface area contributed by atoms with Crippen LogP contribution < -0.4 is 10.6 Å². The zero-order chi connectivity index (χ0) is 14.5. The Bertz CT molecular complexity index is 485. The summed E-state index contributed by atoms with van der Waals surface area (Å²) in [7, 11) is 0. The predicted octanol–water partition coefficient (Wildman–Crippen LogP) is 0.532. The van der Waals surface area contributed by atoms with Crippen molar-refractivity contribution in [3.05, 3.63) is 17.5 Å². The van der Waals surface area contributed by atoms with Gasteiger partial charge in [0, 0.05) is 31.7 Å². The van der Waals surface area contributed by atoms with Crippen LogP contribution in [-0.4, -0.2) is 34.7 Å². The lowest BCUT2D eigenvalue weighted by Crippen LogP contribution is -2.43. The van der Waals surface area contributed by atoms with Crippen molar-refractivity contribution in [1.29, 1.82) is 0 Å². The van der Waals surface area contributed by atoms with E-state index in [2.05, 4.69) is 15.7 Å². The number of rotatable bonds is 5. The molecule has 0 bridgehead atoms. The van der Waals surface area contributed by atoms with Gasteiger partial charge < -0.3 is 10.6 Å². The van der Waals surface area contributed by atoms with Crippen LogP contribution in [0.5, 0.6) is 0 Å². The van der Waals surface area contributed by atoms with Crippen LogP contribution in [0.4, 0.5) is 0 Å². The summed E-state index contributed by atoms with van der Waals surface area (Å²) in [4.78, 5) is 22.9. The average molecular weight is 278 g/mol. The summed E-state index contributed by atoms with van der Waals surface area (Å²) >= 11 is 0. The molecule has 2 N–H and O–H groups in total. The van der Waals surface area contributed by atoms with Crippen molar-refractivity contribution in [3.8, 4) is 0 Å². The quantitative estimate of drug-likeness (QED) is 0.772. The minimum absolute atomic E-state index is 0.0402. The van der Waals surface area contributed by atoms with Crippen LogP contribution in [-0.2, 0) is 16.1 Å². The second-order valence-corrected chi connectivity index (χ2v) is 5.33. The SMILES string of the molecule is Cc1cc(C)n(CCCNC(=O)C2CCC(=O)NC2)n1. The van der Waals surface area contributed by atoms with Gasteiger partial charge in [-0.25, -0.2) is 0 Å². The summed E-state index contributed by atoms with van der Waals surface area (Å²) in [5.74, 6) is -0.00155. The number of hydrogen-bond acceptors (Lipinski definition) is 3. The molecule has 1 unspecified atom stereocenters. The highest BCUT2D eigenvalue weighted by atomic mass is 16.2. The fraction of sp³-hybridized carbons (Fsp3) is 0.643. The molecule has 0 radical (unpaired) electrons. The number of carbonyl (C=O) groups is 2. The van der Waals surface area contributed by atoms with Gasteiger partial charge in [-0.05, 0) is 32.8 Å². The van der Waals surface area contributed by atoms with Crippen LogP contribution in [0.2, 0.25) is 0 Å². The summed E-state index contributed by atoms with van der Waals surface area (Å²) in [6.07, 6.45) is 1.95. The molecular weight excluding hydrogens is 256 g/mol. The Labute approximate surface area is 118 Å². The van der Waals surface area contributed by atoms with Crippen LogP contribution in [0, 0.1) is 19.8 Å². The van der Waals surface area contributed by atoms with Gasteiger partial charge in [0.15, 0.2) is 0 Å².